The van der Waals surface area contributed by atoms with E-state index < -0.39 is 75.9 Å². The molecule has 5 nitrogen and oxygen atoms in total. The van der Waals surface area contributed by atoms with Crippen LogP contribution < -0.4 is 4.72 Å². The zero-order chi connectivity index (χ0) is 28.2. The average molecular weight is 571 g/mol. The molecular formula is C11H6F17NO4S. The first-order valence-electron chi connectivity index (χ1n) is 7.34. The van der Waals surface area contributed by atoms with Gasteiger partial charge in [0.1, 0.15) is 0 Å². The Hall–Kier alpha value is -1.81. The average Bonchev–Trinajstić information content (AvgIpc) is 2.58. The SMILES string of the molecule is O=C(O)CCNS(=O)(=O)C(F)(F)C(F)(F)C(F)(F)C(F)(F)C(F)(F)C(F)(F)C(F)(F)C(F)(F)F. The van der Waals surface area contributed by atoms with Crippen molar-refractivity contribution in [3.8, 4) is 0 Å². The first kappa shape index (κ1) is 32.2. The standard InChI is InChI=1S/C11H6F17NO4S/c12-4(13,6(16,17)8(20,21)10(24,25)26)5(14,15)7(18,19)9(22,23)11(27,28)34(32,33)29-2-1-3(30)31/h29H,1-2H2,(H,30,31). The lowest BCUT2D eigenvalue weighted by atomic mass is 9.91. The smallest absolute Gasteiger partial charge is 0.460 e. The van der Waals surface area contributed by atoms with E-state index in [4.69, 9.17) is 5.11 Å². The number of hydrogen-bond donors (Lipinski definition) is 2. The molecule has 0 aromatic rings. The van der Waals surface area contributed by atoms with Gasteiger partial charge in [0.05, 0.1) is 6.42 Å². The summed E-state index contributed by atoms with van der Waals surface area (Å²) < 4.78 is 243. The summed E-state index contributed by atoms with van der Waals surface area (Å²) in [6.07, 6.45) is -9.47. The van der Waals surface area contributed by atoms with Gasteiger partial charge in [0.25, 0.3) is 10.0 Å². The van der Waals surface area contributed by atoms with Gasteiger partial charge in [0.15, 0.2) is 0 Å². The minimum absolute atomic E-state index is 0.152. The van der Waals surface area contributed by atoms with Crippen molar-refractivity contribution < 1.29 is 93.0 Å². The Morgan fingerprint density at radius 3 is 1.18 bits per heavy atom. The van der Waals surface area contributed by atoms with E-state index in [-0.39, 0.29) is 4.72 Å². The summed E-state index contributed by atoms with van der Waals surface area (Å²) in [5.74, 6) is -54.1. The van der Waals surface area contributed by atoms with Crippen LogP contribution >= 0.6 is 0 Å². The summed E-state index contributed by atoms with van der Waals surface area (Å²) in [5, 5.41) is 0.407. The predicted molar refractivity (Wildman–Crippen MR) is 69.9 cm³/mol. The van der Waals surface area contributed by atoms with Crippen LogP contribution in [0.5, 0.6) is 0 Å². The van der Waals surface area contributed by atoms with Crippen LogP contribution in [0.3, 0.4) is 0 Å². The lowest BCUT2D eigenvalue weighted by molar-refractivity contribution is -0.458. The van der Waals surface area contributed by atoms with Gasteiger partial charge in [0, 0.05) is 6.54 Å². The van der Waals surface area contributed by atoms with Crippen molar-refractivity contribution in [3.63, 3.8) is 0 Å². The molecule has 0 saturated heterocycles. The van der Waals surface area contributed by atoms with Crippen molar-refractivity contribution in [1.82, 2.24) is 4.72 Å². The molecule has 0 aliphatic rings. The maximum absolute atomic E-state index is 13.5. The minimum atomic E-state index is -8.91. The van der Waals surface area contributed by atoms with Gasteiger partial charge >= 0.3 is 52.9 Å². The van der Waals surface area contributed by atoms with Gasteiger partial charge in [-0.15, -0.1) is 0 Å². The van der Waals surface area contributed by atoms with E-state index in [1.165, 1.54) is 0 Å². The summed E-state index contributed by atoms with van der Waals surface area (Å²) >= 11 is 0. The number of sulfonamides is 1. The van der Waals surface area contributed by atoms with E-state index in [9.17, 15) is 87.8 Å². The number of nitrogens with one attached hydrogen (secondary N) is 1. The molecule has 23 heteroatoms. The van der Waals surface area contributed by atoms with Crippen LogP contribution in [0.1, 0.15) is 6.42 Å². The fraction of sp³-hybridized carbons (Fsp3) is 0.909. The molecule has 0 atom stereocenters. The van der Waals surface area contributed by atoms with Crippen molar-refractivity contribution >= 4 is 16.0 Å². The monoisotopic (exact) mass is 571 g/mol. The molecule has 0 amide bonds. The highest BCUT2D eigenvalue weighted by Gasteiger charge is 2.96. The Morgan fingerprint density at radius 2 is 0.882 bits per heavy atom. The van der Waals surface area contributed by atoms with E-state index in [0.717, 1.165) is 0 Å². The van der Waals surface area contributed by atoms with Crippen LogP contribution in [0, 0.1) is 0 Å². The first-order valence-corrected chi connectivity index (χ1v) is 8.82. The van der Waals surface area contributed by atoms with E-state index >= 15 is 0 Å². The summed E-state index contributed by atoms with van der Waals surface area (Å²) in [6, 6.07) is 0. The van der Waals surface area contributed by atoms with Gasteiger partial charge < -0.3 is 5.11 Å². The second-order valence-corrected chi connectivity index (χ2v) is 7.81. The molecule has 0 bridgehead atoms. The molecule has 0 radical (unpaired) electrons. The van der Waals surface area contributed by atoms with Crippen LogP contribution in [0.25, 0.3) is 0 Å². The molecule has 0 aromatic heterocycles. The van der Waals surface area contributed by atoms with Crippen molar-refractivity contribution in [2.45, 2.75) is 53.4 Å². The molecule has 34 heavy (non-hydrogen) atoms. The highest BCUT2D eigenvalue weighted by Crippen LogP contribution is 2.64. The van der Waals surface area contributed by atoms with E-state index in [1.807, 2.05) is 0 Å². The normalized spacial score (nSPS) is 16.0. The third kappa shape index (κ3) is 4.32. The number of rotatable bonds is 11. The van der Waals surface area contributed by atoms with Crippen LogP contribution in [-0.2, 0) is 14.8 Å². The Kier molecular flexibility index (Phi) is 7.95. The Balaban J connectivity index is 6.74. The molecule has 0 saturated carbocycles. The van der Waals surface area contributed by atoms with Gasteiger partial charge in [-0.2, -0.15) is 74.6 Å². The van der Waals surface area contributed by atoms with Crippen molar-refractivity contribution in [1.29, 1.82) is 0 Å². The second-order valence-electron chi connectivity index (χ2n) is 6.00. The van der Waals surface area contributed by atoms with Crippen molar-refractivity contribution in [2.75, 3.05) is 6.54 Å². The number of carboxylic acid groups (broad SMARTS) is 1. The number of carbonyl (C=O) groups is 1. The molecule has 0 heterocycles. The number of halogens is 17. The highest BCUT2D eigenvalue weighted by molar-refractivity contribution is 7.90. The van der Waals surface area contributed by atoms with E-state index in [2.05, 4.69) is 0 Å². The molecule has 0 spiro atoms. The summed E-state index contributed by atoms with van der Waals surface area (Å²) in [5.41, 5.74) is 0. The van der Waals surface area contributed by atoms with Gasteiger partial charge in [-0.05, 0) is 0 Å². The highest BCUT2D eigenvalue weighted by atomic mass is 32.2. The first-order chi connectivity index (χ1) is 14.4. The lowest BCUT2D eigenvalue weighted by Crippen LogP contribution is -2.75. The van der Waals surface area contributed by atoms with Crippen LogP contribution in [0.2, 0.25) is 0 Å². The molecular weight excluding hydrogens is 565 g/mol. The fourth-order valence-electron chi connectivity index (χ4n) is 1.70. The quantitative estimate of drug-likeness (QED) is 0.362. The van der Waals surface area contributed by atoms with Crippen molar-refractivity contribution in [3.05, 3.63) is 0 Å². The Labute approximate surface area is 174 Å². The van der Waals surface area contributed by atoms with Crippen molar-refractivity contribution in [2.24, 2.45) is 0 Å². The molecule has 2 N–H and O–H groups in total. The molecule has 0 unspecified atom stereocenters. The predicted octanol–water partition coefficient (Wildman–Crippen LogP) is 4.35. The summed E-state index contributed by atoms with van der Waals surface area (Å²) in [6.45, 7) is -1.85. The lowest BCUT2D eigenvalue weighted by Gasteiger charge is -2.42. The topological polar surface area (TPSA) is 83.5 Å². The maximum Gasteiger partial charge on any atom is 0.460 e. The van der Waals surface area contributed by atoms with Gasteiger partial charge in [0.2, 0.25) is 0 Å². The van der Waals surface area contributed by atoms with Gasteiger partial charge in [-0.25, -0.2) is 13.1 Å². The zero-order valence-corrected chi connectivity index (χ0v) is 15.7. The Bertz CT molecular complexity index is 878. The second kappa shape index (κ2) is 8.40. The Morgan fingerprint density at radius 1 is 0.588 bits per heavy atom. The van der Waals surface area contributed by atoms with E-state index in [1.54, 1.807) is 0 Å². The van der Waals surface area contributed by atoms with Gasteiger partial charge in [-0.3, -0.25) is 4.79 Å². The molecule has 0 rings (SSSR count). The molecule has 0 fully saturated rings. The summed E-state index contributed by atoms with van der Waals surface area (Å²) in [4.78, 5) is 10.1. The number of carboxylic acids is 1. The molecule has 204 valence electrons. The third-order valence-electron chi connectivity index (χ3n) is 3.66. The summed E-state index contributed by atoms with van der Waals surface area (Å²) in [7, 11) is -7.46. The van der Waals surface area contributed by atoms with Crippen LogP contribution in [-0.4, -0.2) is 73.0 Å². The molecule has 0 aliphatic carbocycles. The van der Waals surface area contributed by atoms with Gasteiger partial charge in [-0.1, -0.05) is 0 Å². The van der Waals surface area contributed by atoms with E-state index in [0.29, 0.717) is 0 Å². The molecule has 0 aliphatic heterocycles. The number of alkyl halides is 17. The van der Waals surface area contributed by atoms with Crippen LogP contribution in [0.15, 0.2) is 0 Å². The molecule has 0 aromatic carbocycles. The maximum atomic E-state index is 13.5. The van der Waals surface area contributed by atoms with Crippen LogP contribution in [0.4, 0.5) is 74.6 Å². The number of hydrogen-bond acceptors (Lipinski definition) is 3. The number of aliphatic carboxylic acids is 1. The zero-order valence-electron chi connectivity index (χ0n) is 14.9. The third-order valence-corrected chi connectivity index (χ3v) is 5.18. The fourth-order valence-corrected chi connectivity index (χ4v) is 2.72. The minimum Gasteiger partial charge on any atom is -0.481 e. The largest absolute Gasteiger partial charge is 0.481 e.